The Balaban J connectivity index is 1.27. The van der Waals surface area contributed by atoms with Gasteiger partial charge in [0.25, 0.3) is 0 Å². The molecule has 2 heterocycles. The van der Waals surface area contributed by atoms with Gasteiger partial charge in [-0.2, -0.15) is 0 Å². The molecular formula is C22H27N3O4. The minimum absolute atomic E-state index is 0.211. The number of carbonyl (C=O) groups is 1. The summed E-state index contributed by atoms with van der Waals surface area (Å²) >= 11 is 0. The van der Waals surface area contributed by atoms with Gasteiger partial charge in [-0.1, -0.05) is 24.3 Å². The van der Waals surface area contributed by atoms with Crippen molar-refractivity contribution in [3.63, 3.8) is 0 Å². The van der Waals surface area contributed by atoms with E-state index in [-0.39, 0.29) is 6.61 Å². The molecule has 0 unspecified atom stereocenters. The predicted molar refractivity (Wildman–Crippen MR) is 112 cm³/mol. The Hall–Kier alpha value is -2.77. The minimum Gasteiger partial charge on any atom is -0.490 e. The minimum atomic E-state index is -0.839. The first-order valence-electron chi connectivity index (χ1n) is 10.1. The van der Waals surface area contributed by atoms with E-state index in [0.29, 0.717) is 25.6 Å². The van der Waals surface area contributed by atoms with Gasteiger partial charge in [0, 0.05) is 35.9 Å². The van der Waals surface area contributed by atoms with Gasteiger partial charge in [0.1, 0.15) is 18.5 Å². The van der Waals surface area contributed by atoms with Gasteiger partial charge in [0.05, 0.1) is 5.52 Å². The summed E-state index contributed by atoms with van der Waals surface area (Å²) in [4.78, 5) is 15.8. The van der Waals surface area contributed by atoms with Crippen LogP contribution in [-0.2, 0) is 0 Å². The Morgan fingerprint density at radius 2 is 1.93 bits per heavy atom. The van der Waals surface area contributed by atoms with Gasteiger partial charge in [0.2, 0.25) is 0 Å². The second-order valence-corrected chi connectivity index (χ2v) is 7.69. The van der Waals surface area contributed by atoms with Crippen LogP contribution in [-0.4, -0.2) is 65.1 Å². The maximum absolute atomic E-state index is 11.0. The number of fused-ring (bicyclic) bond motifs is 3. The Bertz CT molecular complexity index is 979. The van der Waals surface area contributed by atoms with Crippen LogP contribution in [0, 0.1) is 5.92 Å². The number of aromatic amines is 1. The fraction of sp³-hybridized carbons (Fsp3) is 0.409. The number of nitrogens with one attached hydrogen (secondary N) is 2. The number of benzene rings is 2. The quantitative estimate of drug-likeness (QED) is 0.491. The normalized spacial score (nSPS) is 16.4. The maximum Gasteiger partial charge on any atom is 0.407 e. The summed E-state index contributed by atoms with van der Waals surface area (Å²) in [5, 5.41) is 24.7. The summed E-state index contributed by atoms with van der Waals surface area (Å²) < 4.78 is 5.95. The van der Waals surface area contributed by atoms with Gasteiger partial charge >= 0.3 is 6.09 Å². The number of ether oxygens (including phenoxy) is 1. The third kappa shape index (κ3) is 4.46. The highest BCUT2D eigenvalue weighted by atomic mass is 16.5. The van der Waals surface area contributed by atoms with Gasteiger partial charge in [-0.15, -0.1) is 0 Å². The maximum atomic E-state index is 11.0. The molecule has 1 aliphatic heterocycles. The van der Waals surface area contributed by atoms with Crippen molar-refractivity contribution in [3.8, 4) is 5.75 Å². The zero-order chi connectivity index (χ0) is 20.2. The molecule has 7 heteroatoms. The molecule has 1 aromatic heterocycles. The second kappa shape index (κ2) is 8.71. The molecule has 29 heavy (non-hydrogen) atoms. The van der Waals surface area contributed by atoms with Crippen molar-refractivity contribution < 1.29 is 19.7 Å². The molecule has 1 amide bonds. The zero-order valence-electron chi connectivity index (χ0n) is 16.3. The Kier molecular flexibility index (Phi) is 5.87. The van der Waals surface area contributed by atoms with Crippen LogP contribution in [0.15, 0.2) is 42.5 Å². The number of nitrogens with zero attached hydrogens (tertiary/aromatic N) is 1. The Labute approximate surface area is 169 Å². The van der Waals surface area contributed by atoms with Crippen LogP contribution in [0.4, 0.5) is 4.79 Å². The molecule has 0 spiro atoms. The highest BCUT2D eigenvalue weighted by Gasteiger charge is 2.22. The van der Waals surface area contributed by atoms with Crippen molar-refractivity contribution in [1.29, 1.82) is 0 Å². The third-order valence-electron chi connectivity index (χ3n) is 5.62. The van der Waals surface area contributed by atoms with Crippen LogP contribution >= 0.6 is 0 Å². The number of carboxylic acid groups (broad SMARTS) is 1. The summed E-state index contributed by atoms with van der Waals surface area (Å²) in [7, 11) is 0. The smallest absolute Gasteiger partial charge is 0.407 e. The molecule has 0 saturated carbocycles. The van der Waals surface area contributed by atoms with E-state index in [1.165, 1.54) is 4.90 Å². The largest absolute Gasteiger partial charge is 0.490 e. The summed E-state index contributed by atoms with van der Waals surface area (Å²) in [6.07, 6.45) is 0.256. The van der Waals surface area contributed by atoms with Crippen molar-refractivity contribution in [2.45, 2.75) is 18.9 Å². The van der Waals surface area contributed by atoms with Gasteiger partial charge in [-0.25, -0.2) is 4.79 Å². The first kappa shape index (κ1) is 19.5. The van der Waals surface area contributed by atoms with Crippen molar-refractivity contribution in [2.75, 3.05) is 32.8 Å². The lowest BCUT2D eigenvalue weighted by molar-refractivity contribution is 0.103. The number of aliphatic hydroxyl groups is 1. The SMILES string of the molecule is O=C(O)N1CCC(CNC[C@H](O)COc2cccc3[nH]c4ccccc4c23)CC1. The van der Waals surface area contributed by atoms with E-state index in [1.54, 1.807) is 0 Å². The van der Waals surface area contributed by atoms with E-state index >= 15 is 0 Å². The third-order valence-corrected chi connectivity index (χ3v) is 5.62. The number of aliphatic hydroxyl groups excluding tert-OH is 1. The number of hydrogen-bond donors (Lipinski definition) is 4. The molecule has 1 aliphatic rings. The number of rotatable bonds is 7. The van der Waals surface area contributed by atoms with Crippen molar-refractivity contribution >= 4 is 27.9 Å². The number of H-pyrrole nitrogens is 1. The highest BCUT2D eigenvalue weighted by molar-refractivity contribution is 6.10. The summed E-state index contributed by atoms with van der Waals surface area (Å²) in [6.45, 7) is 2.61. The molecule has 0 radical (unpaired) electrons. The molecule has 1 atom stereocenters. The molecule has 4 rings (SSSR count). The fourth-order valence-electron chi connectivity index (χ4n) is 4.02. The van der Waals surface area contributed by atoms with Gasteiger partial charge in [0.15, 0.2) is 0 Å². The van der Waals surface area contributed by atoms with E-state index in [4.69, 9.17) is 9.84 Å². The van der Waals surface area contributed by atoms with E-state index in [2.05, 4.69) is 16.4 Å². The number of para-hydroxylation sites is 1. The Morgan fingerprint density at radius 1 is 1.17 bits per heavy atom. The van der Waals surface area contributed by atoms with Crippen LogP contribution in [0.5, 0.6) is 5.75 Å². The number of amides is 1. The van der Waals surface area contributed by atoms with E-state index in [9.17, 15) is 9.90 Å². The zero-order valence-corrected chi connectivity index (χ0v) is 16.3. The molecule has 1 fully saturated rings. The van der Waals surface area contributed by atoms with Gasteiger partial charge in [-0.05, 0) is 43.5 Å². The number of likely N-dealkylation sites (tertiary alicyclic amines) is 1. The van der Waals surface area contributed by atoms with Crippen LogP contribution in [0.3, 0.4) is 0 Å². The number of piperidine rings is 1. The van der Waals surface area contributed by atoms with E-state index in [1.807, 2.05) is 36.4 Å². The van der Waals surface area contributed by atoms with Gasteiger partial charge in [-0.3, -0.25) is 0 Å². The predicted octanol–water partition coefficient (Wildman–Crippen LogP) is 3.04. The molecular weight excluding hydrogens is 370 g/mol. The lowest BCUT2D eigenvalue weighted by atomic mass is 9.97. The van der Waals surface area contributed by atoms with Crippen LogP contribution < -0.4 is 10.1 Å². The van der Waals surface area contributed by atoms with Crippen LogP contribution in [0.2, 0.25) is 0 Å². The highest BCUT2D eigenvalue weighted by Crippen LogP contribution is 2.32. The van der Waals surface area contributed by atoms with E-state index in [0.717, 1.165) is 46.9 Å². The molecule has 1 saturated heterocycles. The van der Waals surface area contributed by atoms with Crippen molar-refractivity contribution in [1.82, 2.24) is 15.2 Å². The standard InChI is InChI=1S/C22H27N3O4/c26-16(13-23-12-15-8-10-25(11-9-15)22(27)28)14-29-20-7-3-6-19-21(20)17-4-1-2-5-18(17)24-19/h1-7,15-16,23-24,26H,8-14H2,(H,27,28)/t16-/m0/s1. The van der Waals surface area contributed by atoms with Gasteiger partial charge < -0.3 is 30.2 Å². The average molecular weight is 397 g/mol. The van der Waals surface area contributed by atoms with Crippen LogP contribution in [0.1, 0.15) is 12.8 Å². The summed E-state index contributed by atoms with van der Waals surface area (Å²) in [5.41, 5.74) is 2.08. The molecule has 0 aliphatic carbocycles. The average Bonchev–Trinajstić information content (AvgIpc) is 3.12. The molecule has 2 aromatic carbocycles. The number of hydrogen-bond acceptors (Lipinski definition) is 4. The van der Waals surface area contributed by atoms with E-state index < -0.39 is 12.2 Å². The Morgan fingerprint density at radius 3 is 2.72 bits per heavy atom. The first-order valence-corrected chi connectivity index (χ1v) is 10.1. The number of aromatic nitrogens is 1. The molecule has 0 bridgehead atoms. The topological polar surface area (TPSA) is 97.8 Å². The summed E-state index contributed by atoms with van der Waals surface area (Å²) in [5.74, 6) is 1.21. The summed E-state index contributed by atoms with van der Waals surface area (Å²) in [6, 6.07) is 14.0. The molecule has 3 aromatic rings. The lowest BCUT2D eigenvalue weighted by Gasteiger charge is -2.30. The monoisotopic (exact) mass is 397 g/mol. The first-order chi connectivity index (χ1) is 14.1. The second-order valence-electron chi connectivity index (χ2n) is 7.69. The lowest BCUT2D eigenvalue weighted by Crippen LogP contribution is -2.41. The van der Waals surface area contributed by atoms with Crippen LogP contribution in [0.25, 0.3) is 21.8 Å². The van der Waals surface area contributed by atoms with Crippen molar-refractivity contribution in [3.05, 3.63) is 42.5 Å². The molecule has 4 N–H and O–H groups in total. The molecule has 7 nitrogen and oxygen atoms in total. The van der Waals surface area contributed by atoms with Crippen molar-refractivity contribution in [2.24, 2.45) is 5.92 Å². The fourth-order valence-corrected chi connectivity index (χ4v) is 4.02. The molecule has 154 valence electrons.